The van der Waals surface area contributed by atoms with E-state index in [9.17, 15) is 19.8 Å². The van der Waals surface area contributed by atoms with E-state index in [0.29, 0.717) is 10.9 Å². The van der Waals surface area contributed by atoms with Crippen LogP contribution in [0.1, 0.15) is 27.2 Å². The third-order valence-corrected chi connectivity index (χ3v) is 3.21. The number of carboxylic acid groups (broad SMARTS) is 1. The van der Waals surface area contributed by atoms with Crippen molar-refractivity contribution in [1.29, 1.82) is 0 Å². The molecule has 2 unspecified atom stereocenters. The van der Waals surface area contributed by atoms with Crippen molar-refractivity contribution in [3.05, 3.63) is 0 Å². The van der Waals surface area contributed by atoms with E-state index in [2.05, 4.69) is 0 Å². The minimum atomic E-state index is -1.50. The largest absolute Gasteiger partial charge is 0.549 e. The molecule has 0 aliphatic carbocycles. The lowest BCUT2D eigenvalue weighted by atomic mass is 9.77. The molecular weight excluding hydrogens is 234 g/mol. The summed E-state index contributed by atoms with van der Waals surface area (Å²) < 4.78 is 0.380. The number of rotatable bonds is 7. The van der Waals surface area contributed by atoms with Gasteiger partial charge < -0.3 is 19.5 Å². The number of aliphatic carboxylic acids is 1. The zero-order valence-electron chi connectivity index (χ0n) is 12.2. The molecule has 0 aliphatic rings. The van der Waals surface area contributed by atoms with Crippen LogP contribution < -0.4 is 5.11 Å². The van der Waals surface area contributed by atoms with Crippen LogP contribution >= 0.6 is 0 Å². The van der Waals surface area contributed by atoms with Crippen molar-refractivity contribution in [2.75, 3.05) is 27.7 Å². The van der Waals surface area contributed by atoms with E-state index in [-0.39, 0.29) is 6.54 Å². The van der Waals surface area contributed by atoms with E-state index in [1.807, 2.05) is 28.1 Å². The Kier molecular flexibility index (Phi) is 5.50. The second-order valence-electron chi connectivity index (χ2n) is 6.44. The van der Waals surface area contributed by atoms with Crippen molar-refractivity contribution in [2.45, 2.75) is 33.3 Å². The summed E-state index contributed by atoms with van der Waals surface area (Å²) in [6.45, 7) is 5.37. The zero-order chi connectivity index (χ0) is 14.7. The van der Waals surface area contributed by atoms with Crippen molar-refractivity contribution < 1.29 is 24.3 Å². The number of carbonyl (C=O) groups is 2. The molecule has 106 valence electrons. The Morgan fingerprint density at radius 1 is 1.28 bits per heavy atom. The monoisotopic (exact) mass is 259 g/mol. The van der Waals surface area contributed by atoms with Crippen LogP contribution in [0.3, 0.4) is 0 Å². The molecule has 5 nitrogen and oxygen atoms in total. The van der Waals surface area contributed by atoms with Gasteiger partial charge in [0.05, 0.1) is 33.0 Å². The summed E-state index contributed by atoms with van der Waals surface area (Å²) in [6.07, 6.45) is -0.708. The van der Waals surface area contributed by atoms with E-state index in [4.69, 9.17) is 0 Å². The molecule has 0 aromatic rings. The molecule has 0 radical (unpaired) electrons. The summed E-state index contributed by atoms with van der Waals surface area (Å²) in [6, 6.07) is 0. The van der Waals surface area contributed by atoms with Crippen molar-refractivity contribution in [1.82, 2.24) is 0 Å². The molecule has 0 saturated heterocycles. The molecule has 0 aliphatic heterocycles. The zero-order valence-corrected chi connectivity index (χ0v) is 12.2. The summed E-state index contributed by atoms with van der Waals surface area (Å²) in [5.41, 5.74) is -0.767. The minimum Gasteiger partial charge on any atom is -0.549 e. The maximum absolute atomic E-state index is 12.2. The van der Waals surface area contributed by atoms with Crippen LogP contribution in [0.5, 0.6) is 0 Å². The van der Waals surface area contributed by atoms with Gasteiger partial charge in [0.25, 0.3) is 0 Å². The number of aliphatic hydroxyl groups is 1. The Balaban J connectivity index is 5.10. The Bertz CT molecular complexity index is 317. The van der Waals surface area contributed by atoms with Gasteiger partial charge in [-0.2, -0.15) is 0 Å². The summed E-state index contributed by atoms with van der Waals surface area (Å²) in [4.78, 5) is 23.3. The average Bonchev–Trinajstić information content (AvgIpc) is 2.14. The molecule has 0 heterocycles. The van der Waals surface area contributed by atoms with Gasteiger partial charge in [-0.05, 0) is 6.42 Å². The maximum Gasteiger partial charge on any atom is 0.149 e. The molecule has 0 rings (SSSR count). The number of hydrogen-bond acceptors (Lipinski definition) is 4. The van der Waals surface area contributed by atoms with Gasteiger partial charge in [0.1, 0.15) is 18.4 Å². The third-order valence-electron chi connectivity index (χ3n) is 3.21. The van der Waals surface area contributed by atoms with Gasteiger partial charge in [0.2, 0.25) is 0 Å². The van der Waals surface area contributed by atoms with E-state index in [1.54, 1.807) is 13.8 Å². The van der Waals surface area contributed by atoms with E-state index in [0.717, 1.165) is 0 Å². The Morgan fingerprint density at radius 3 is 2.00 bits per heavy atom. The summed E-state index contributed by atoms with van der Waals surface area (Å²) in [7, 11) is 5.47. The predicted octanol–water partition coefficient (Wildman–Crippen LogP) is -0.575. The molecule has 2 atom stereocenters. The Morgan fingerprint density at radius 2 is 1.72 bits per heavy atom. The lowest BCUT2D eigenvalue weighted by Crippen LogP contribution is -2.53. The highest BCUT2D eigenvalue weighted by atomic mass is 16.4. The lowest BCUT2D eigenvalue weighted by molar-refractivity contribution is -0.873. The van der Waals surface area contributed by atoms with Gasteiger partial charge in [0.15, 0.2) is 0 Å². The number of quaternary nitrogens is 1. The fourth-order valence-corrected chi connectivity index (χ4v) is 1.70. The van der Waals surface area contributed by atoms with Crippen molar-refractivity contribution in [3.63, 3.8) is 0 Å². The van der Waals surface area contributed by atoms with Crippen LogP contribution in [-0.4, -0.2) is 55.1 Å². The standard InChI is InChI=1S/C13H25NO4/c1-7-13(2,3)11(16)10(12(17)18)9(15)8-14(4,5)6/h9-10,15H,7-8H2,1-6H3. The molecule has 18 heavy (non-hydrogen) atoms. The number of ketones is 1. The average molecular weight is 259 g/mol. The predicted molar refractivity (Wildman–Crippen MR) is 66.5 cm³/mol. The first-order valence-electron chi connectivity index (χ1n) is 6.16. The van der Waals surface area contributed by atoms with Crippen molar-refractivity contribution in [2.24, 2.45) is 11.3 Å². The van der Waals surface area contributed by atoms with Crippen LogP contribution in [0.2, 0.25) is 0 Å². The van der Waals surface area contributed by atoms with E-state index in [1.165, 1.54) is 0 Å². The number of carbonyl (C=O) groups excluding carboxylic acids is 2. The van der Waals surface area contributed by atoms with Gasteiger partial charge in [-0.1, -0.05) is 20.8 Å². The first kappa shape index (κ1) is 17.1. The van der Waals surface area contributed by atoms with Gasteiger partial charge in [-0.15, -0.1) is 0 Å². The number of carboxylic acids is 1. The van der Waals surface area contributed by atoms with Crippen LogP contribution in [-0.2, 0) is 9.59 Å². The number of aliphatic hydroxyl groups excluding tert-OH is 1. The lowest BCUT2D eigenvalue weighted by Gasteiger charge is -2.34. The fourth-order valence-electron chi connectivity index (χ4n) is 1.70. The highest BCUT2D eigenvalue weighted by molar-refractivity contribution is 6.00. The first-order valence-corrected chi connectivity index (χ1v) is 6.16. The minimum absolute atomic E-state index is 0.185. The topological polar surface area (TPSA) is 77.4 Å². The maximum atomic E-state index is 12.2. The Labute approximate surface area is 109 Å². The van der Waals surface area contributed by atoms with Gasteiger partial charge in [0, 0.05) is 5.41 Å². The molecule has 5 heteroatoms. The second-order valence-corrected chi connectivity index (χ2v) is 6.44. The van der Waals surface area contributed by atoms with Crippen LogP contribution in [0, 0.1) is 11.3 Å². The smallest absolute Gasteiger partial charge is 0.149 e. The van der Waals surface area contributed by atoms with Crippen LogP contribution in [0.15, 0.2) is 0 Å². The summed E-state index contributed by atoms with van der Waals surface area (Å²) >= 11 is 0. The molecule has 0 spiro atoms. The number of likely N-dealkylation sites (N-methyl/N-ethyl adjacent to an activating group) is 1. The number of hydrogen-bond donors (Lipinski definition) is 1. The van der Waals surface area contributed by atoms with Crippen molar-refractivity contribution in [3.8, 4) is 0 Å². The highest BCUT2D eigenvalue weighted by Gasteiger charge is 2.38. The molecule has 0 amide bonds. The quantitative estimate of drug-likeness (QED) is 0.490. The SMILES string of the molecule is CCC(C)(C)C(=O)C(C(=O)[O-])C(O)C[N+](C)(C)C. The fraction of sp³-hybridized carbons (Fsp3) is 0.846. The first-order chi connectivity index (χ1) is 7.92. The molecular formula is C13H25NO4. The van der Waals surface area contributed by atoms with Gasteiger partial charge in [-0.3, -0.25) is 4.79 Å². The van der Waals surface area contributed by atoms with Gasteiger partial charge >= 0.3 is 0 Å². The summed E-state index contributed by atoms with van der Waals surface area (Å²) in [5.74, 6) is -3.43. The number of nitrogens with zero attached hydrogens (tertiary/aromatic N) is 1. The normalized spacial score (nSPS) is 16.2. The third kappa shape index (κ3) is 4.74. The molecule has 0 fully saturated rings. The van der Waals surface area contributed by atoms with Gasteiger partial charge in [-0.25, -0.2) is 0 Å². The van der Waals surface area contributed by atoms with Crippen LogP contribution in [0.25, 0.3) is 0 Å². The van der Waals surface area contributed by atoms with E-state index < -0.39 is 29.2 Å². The molecule has 0 aromatic heterocycles. The van der Waals surface area contributed by atoms with E-state index >= 15 is 0 Å². The van der Waals surface area contributed by atoms with Crippen molar-refractivity contribution >= 4 is 11.8 Å². The Hall–Kier alpha value is -0.940. The molecule has 0 saturated carbocycles. The summed E-state index contributed by atoms with van der Waals surface area (Å²) in [5, 5.41) is 21.1. The second kappa shape index (κ2) is 5.80. The number of Topliss-reactive ketones (excluding diaryl/α,β-unsaturated/α-hetero) is 1. The highest BCUT2D eigenvalue weighted by Crippen LogP contribution is 2.27. The molecule has 0 bridgehead atoms. The molecule has 0 aromatic carbocycles. The van der Waals surface area contributed by atoms with Crippen LogP contribution in [0.4, 0.5) is 0 Å². The molecule has 1 N–H and O–H groups in total.